The van der Waals surface area contributed by atoms with Gasteiger partial charge < -0.3 is 4.74 Å². The highest BCUT2D eigenvalue weighted by Gasteiger charge is 2.16. The quantitative estimate of drug-likeness (QED) is 0.616. The molecule has 1 aromatic carbocycles. The van der Waals surface area contributed by atoms with Crippen LogP contribution in [0.5, 0.6) is 0 Å². The molecule has 0 fully saturated rings. The predicted octanol–water partition coefficient (Wildman–Crippen LogP) is 3.72. The summed E-state index contributed by atoms with van der Waals surface area (Å²) in [5, 5.41) is 1.99. The van der Waals surface area contributed by atoms with E-state index in [0.29, 0.717) is 33.1 Å². The molecule has 0 atom stereocenters. The molecule has 0 bridgehead atoms. The predicted molar refractivity (Wildman–Crippen MR) is 67.7 cm³/mol. The zero-order valence-corrected chi connectivity index (χ0v) is 10.5. The number of rotatable bonds is 2. The average molecular weight is 270 g/mol. The number of esters is 1. The third-order valence-corrected chi connectivity index (χ3v) is 2.92. The lowest BCUT2D eigenvalue weighted by molar-refractivity contribution is 0.0528. The van der Waals surface area contributed by atoms with Gasteiger partial charge in [0.2, 0.25) is 0 Å². The zero-order chi connectivity index (χ0) is 12.4. The van der Waals surface area contributed by atoms with Crippen LogP contribution in [0.15, 0.2) is 24.4 Å². The lowest BCUT2D eigenvalue weighted by Crippen LogP contribution is -2.06. The standard InChI is InChI=1S/C12H9Cl2NO2/c1-2-17-12(16)8-6-15-11(14)7-4-3-5-9(13)10(7)8/h3-6H,2H2,1H3. The molecule has 1 heterocycles. The van der Waals surface area contributed by atoms with E-state index in [1.165, 1.54) is 6.20 Å². The lowest BCUT2D eigenvalue weighted by atomic mass is 10.1. The fourth-order valence-electron chi connectivity index (χ4n) is 1.59. The average Bonchev–Trinajstić information content (AvgIpc) is 2.31. The molecule has 2 rings (SSSR count). The van der Waals surface area contributed by atoms with Gasteiger partial charge in [-0.3, -0.25) is 0 Å². The largest absolute Gasteiger partial charge is 0.462 e. The SMILES string of the molecule is CCOC(=O)c1cnc(Cl)c2cccc(Cl)c12. The van der Waals surface area contributed by atoms with Gasteiger partial charge in [-0.2, -0.15) is 0 Å². The second kappa shape index (κ2) is 4.90. The summed E-state index contributed by atoms with van der Waals surface area (Å²) < 4.78 is 4.95. The number of hydrogen-bond donors (Lipinski definition) is 0. The van der Waals surface area contributed by atoms with Crippen molar-refractivity contribution in [2.45, 2.75) is 6.92 Å². The molecule has 0 unspecified atom stereocenters. The minimum Gasteiger partial charge on any atom is -0.462 e. The molecule has 0 aliphatic carbocycles. The van der Waals surface area contributed by atoms with Crippen molar-refractivity contribution in [3.63, 3.8) is 0 Å². The maximum Gasteiger partial charge on any atom is 0.340 e. The van der Waals surface area contributed by atoms with Crippen LogP contribution in [0.25, 0.3) is 10.8 Å². The Bertz CT molecular complexity index is 584. The van der Waals surface area contributed by atoms with Gasteiger partial charge in [0.15, 0.2) is 0 Å². The molecule has 0 aliphatic heterocycles. The van der Waals surface area contributed by atoms with Gasteiger partial charge in [-0.15, -0.1) is 0 Å². The number of hydrogen-bond acceptors (Lipinski definition) is 3. The highest BCUT2D eigenvalue weighted by molar-refractivity contribution is 6.40. The fourth-order valence-corrected chi connectivity index (χ4v) is 2.07. The lowest BCUT2D eigenvalue weighted by Gasteiger charge is -2.08. The number of fused-ring (bicyclic) bond motifs is 1. The van der Waals surface area contributed by atoms with E-state index in [9.17, 15) is 4.79 Å². The van der Waals surface area contributed by atoms with Crippen LogP contribution in [0.1, 0.15) is 17.3 Å². The topological polar surface area (TPSA) is 39.2 Å². The van der Waals surface area contributed by atoms with Crippen LogP contribution in [0.3, 0.4) is 0 Å². The number of aromatic nitrogens is 1. The van der Waals surface area contributed by atoms with E-state index in [-0.39, 0.29) is 0 Å². The van der Waals surface area contributed by atoms with E-state index in [1.807, 2.05) is 0 Å². The number of benzene rings is 1. The Morgan fingerprint density at radius 2 is 2.18 bits per heavy atom. The van der Waals surface area contributed by atoms with Crippen LogP contribution < -0.4 is 0 Å². The van der Waals surface area contributed by atoms with Crippen molar-refractivity contribution in [1.29, 1.82) is 0 Å². The number of carbonyl (C=O) groups excluding carboxylic acids is 1. The Morgan fingerprint density at radius 3 is 2.88 bits per heavy atom. The first-order valence-electron chi connectivity index (χ1n) is 5.05. The zero-order valence-electron chi connectivity index (χ0n) is 9.04. The highest BCUT2D eigenvalue weighted by atomic mass is 35.5. The smallest absolute Gasteiger partial charge is 0.340 e. The van der Waals surface area contributed by atoms with E-state index in [2.05, 4.69) is 4.98 Å². The van der Waals surface area contributed by atoms with Crippen molar-refractivity contribution < 1.29 is 9.53 Å². The summed E-state index contributed by atoms with van der Waals surface area (Å²) in [6.45, 7) is 2.04. The Hall–Kier alpha value is -1.32. The molecular weight excluding hydrogens is 261 g/mol. The van der Waals surface area contributed by atoms with Crippen LogP contribution in [0.4, 0.5) is 0 Å². The van der Waals surface area contributed by atoms with E-state index < -0.39 is 5.97 Å². The summed E-state index contributed by atoms with van der Waals surface area (Å²) in [4.78, 5) is 15.7. The monoisotopic (exact) mass is 269 g/mol. The first kappa shape index (κ1) is 12.1. The van der Waals surface area contributed by atoms with Crippen molar-refractivity contribution in [3.05, 3.63) is 40.1 Å². The van der Waals surface area contributed by atoms with Crippen LogP contribution >= 0.6 is 23.2 Å². The van der Waals surface area contributed by atoms with Gasteiger partial charge in [0.25, 0.3) is 0 Å². The second-order valence-electron chi connectivity index (χ2n) is 3.35. The third-order valence-electron chi connectivity index (χ3n) is 2.31. The third kappa shape index (κ3) is 2.21. The van der Waals surface area contributed by atoms with E-state index in [0.717, 1.165) is 0 Å². The van der Waals surface area contributed by atoms with Crippen molar-refractivity contribution in [2.24, 2.45) is 0 Å². The Balaban J connectivity index is 2.73. The van der Waals surface area contributed by atoms with Crippen molar-refractivity contribution in [2.75, 3.05) is 6.61 Å². The van der Waals surface area contributed by atoms with Crippen LogP contribution in [0, 0.1) is 0 Å². The Labute approximate surface area is 108 Å². The van der Waals surface area contributed by atoms with Gasteiger partial charge >= 0.3 is 5.97 Å². The molecule has 3 nitrogen and oxygen atoms in total. The second-order valence-corrected chi connectivity index (χ2v) is 4.11. The fraction of sp³-hybridized carbons (Fsp3) is 0.167. The molecule has 0 aliphatic rings. The molecule has 0 saturated heterocycles. The number of halogens is 2. The molecule has 0 spiro atoms. The maximum atomic E-state index is 11.8. The molecule has 5 heteroatoms. The van der Waals surface area contributed by atoms with Crippen molar-refractivity contribution in [3.8, 4) is 0 Å². The summed E-state index contributed by atoms with van der Waals surface area (Å²) in [6.07, 6.45) is 1.38. The van der Waals surface area contributed by atoms with Gasteiger partial charge in [-0.05, 0) is 13.0 Å². The van der Waals surface area contributed by atoms with Crippen molar-refractivity contribution >= 4 is 39.9 Å². The number of ether oxygens (including phenoxy) is 1. The molecular formula is C12H9Cl2NO2. The summed E-state index contributed by atoms with van der Waals surface area (Å²) in [7, 11) is 0. The van der Waals surface area contributed by atoms with E-state index in [4.69, 9.17) is 27.9 Å². The van der Waals surface area contributed by atoms with Crippen molar-refractivity contribution in [1.82, 2.24) is 4.98 Å². The normalized spacial score (nSPS) is 10.5. The van der Waals surface area contributed by atoms with Gasteiger partial charge in [-0.25, -0.2) is 9.78 Å². The first-order valence-corrected chi connectivity index (χ1v) is 5.80. The van der Waals surface area contributed by atoms with E-state index in [1.54, 1.807) is 25.1 Å². The van der Waals surface area contributed by atoms with E-state index >= 15 is 0 Å². The molecule has 88 valence electrons. The first-order chi connectivity index (χ1) is 8.15. The highest BCUT2D eigenvalue weighted by Crippen LogP contribution is 2.30. The molecule has 17 heavy (non-hydrogen) atoms. The maximum absolute atomic E-state index is 11.8. The Kier molecular flexibility index (Phi) is 3.50. The Morgan fingerprint density at radius 1 is 1.41 bits per heavy atom. The van der Waals surface area contributed by atoms with Gasteiger partial charge in [0.05, 0.1) is 12.2 Å². The van der Waals surface area contributed by atoms with Gasteiger partial charge in [-0.1, -0.05) is 35.3 Å². The summed E-state index contributed by atoms with van der Waals surface area (Å²) >= 11 is 12.0. The molecule has 0 N–H and O–H groups in total. The minimum absolute atomic E-state index is 0.299. The molecule has 0 radical (unpaired) electrons. The van der Waals surface area contributed by atoms with Crippen LogP contribution in [-0.4, -0.2) is 17.6 Å². The summed E-state index contributed by atoms with van der Waals surface area (Å²) in [6, 6.07) is 5.22. The van der Waals surface area contributed by atoms with Gasteiger partial charge in [0.1, 0.15) is 5.15 Å². The van der Waals surface area contributed by atoms with Crippen LogP contribution in [-0.2, 0) is 4.74 Å². The molecule has 0 amide bonds. The molecule has 0 saturated carbocycles. The summed E-state index contributed by atoms with van der Waals surface area (Å²) in [5.74, 6) is -0.449. The number of carbonyl (C=O) groups is 1. The summed E-state index contributed by atoms with van der Waals surface area (Å²) in [5.41, 5.74) is 0.330. The van der Waals surface area contributed by atoms with Gasteiger partial charge in [0, 0.05) is 22.0 Å². The molecule has 1 aromatic heterocycles. The minimum atomic E-state index is -0.449. The number of nitrogens with zero attached hydrogens (tertiary/aromatic N) is 1. The number of pyridine rings is 1. The molecule has 2 aromatic rings. The van der Waals surface area contributed by atoms with Crippen LogP contribution in [0.2, 0.25) is 10.2 Å².